The van der Waals surface area contributed by atoms with Crippen molar-refractivity contribution in [2.75, 3.05) is 18.5 Å². The molecule has 0 heterocycles. The number of hydrogen-bond acceptors (Lipinski definition) is 9. The largest absolute Gasteiger partial charge is 1.00 e. The van der Waals surface area contributed by atoms with Crippen molar-refractivity contribution in [3.05, 3.63) is 37.8 Å². The highest BCUT2D eigenvalue weighted by atomic mass is 35.5. The van der Waals surface area contributed by atoms with Crippen molar-refractivity contribution in [2.24, 2.45) is 0 Å². The van der Waals surface area contributed by atoms with E-state index in [4.69, 9.17) is 47.0 Å². The molecule has 0 radical (unpaired) electrons. The third-order valence-corrected chi connectivity index (χ3v) is 5.25. The summed E-state index contributed by atoms with van der Waals surface area (Å²) in [6.45, 7) is 14.2. The third-order valence-electron chi connectivity index (χ3n) is 2.19. The molecule has 0 fully saturated rings. The van der Waals surface area contributed by atoms with Gasteiger partial charge in [0.1, 0.15) is 0 Å². The van der Waals surface area contributed by atoms with Gasteiger partial charge in [-0.2, -0.15) is 15.8 Å². The zero-order valence-electron chi connectivity index (χ0n) is 17.3. The molecule has 30 heavy (non-hydrogen) atoms. The van der Waals surface area contributed by atoms with Crippen LogP contribution >= 0.6 is 17.2 Å². The zero-order chi connectivity index (χ0) is 24.6. The minimum absolute atomic E-state index is 0. The Labute approximate surface area is 189 Å². The summed E-state index contributed by atoms with van der Waals surface area (Å²) in [5.74, 6) is 0. The lowest BCUT2D eigenvalue weighted by Gasteiger charge is -2.11. The predicted molar refractivity (Wildman–Crippen MR) is 121 cm³/mol. The summed E-state index contributed by atoms with van der Waals surface area (Å²) in [5.41, 5.74) is 3.07. The standard InChI is InChI=1S/C9H12N3P.C3H9O2P.2C3H4.ClH.2H2O2/c10-4-1-7-13(8-2-5-11)9-3-6-12;1-2-3(4,5)6;2*1-3-2;;2*1-2/h1-3,7-9H2;4-5H,2,6H2,1H3;2*1-2H2;1H;2*1-2H. The van der Waals surface area contributed by atoms with Gasteiger partial charge in [0.2, 0.25) is 0 Å². The van der Waals surface area contributed by atoms with Crippen molar-refractivity contribution in [3.63, 3.8) is 0 Å². The van der Waals surface area contributed by atoms with Crippen molar-refractivity contribution in [2.45, 2.75) is 38.1 Å². The van der Waals surface area contributed by atoms with E-state index in [2.05, 4.69) is 56.0 Å². The van der Waals surface area contributed by atoms with Crippen LogP contribution in [0.25, 0.3) is 0 Å². The summed E-state index contributed by atoms with van der Waals surface area (Å²) in [4.78, 5) is 0. The molecule has 0 aliphatic heterocycles. The molecule has 0 aromatic carbocycles. The average Bonchev–Trinajstić information content (AvgIpc) is 2.71. The molecule has 174 valence electrons. The Morgan fingerprint density at radius 3 is 1.03 bits per heavy atom. The van der Waals surface area contributed by atoms with Gasteiger partial charge in [-0.05, 0) is 18.5 Å². The SMILES string of the molecule is C=C=C.C=C=C.CCC(O)(O)[PH3+].N#CCCP(CCC#N)CCC#N.OO.OO.[Cl-]. The van der Waals surface area contributed by atoms with Crippen LogP contribution in [-0.4, -0.2) is 55.3 Å². The van der Waals surface area contributed by atoms with E-state index in [1.807, 2.05) is 0 Å². The van der Waals surface area contributed by atoms with Gasteiger partial charge >= 0.3 is 0 Å². The van der Waals surface area contributed by atoms with E-state index in [0.29, 0.717) is 25.7 Å². The first kappa shape index (κ1) is 46.6. The van der Waals surface area contributed by atoms with Gasteiger partial charge in [-0.1, -0.05) is 33.2 Å². The first-order valence-electron chi connectivity index (χ1n) is 7.86. The summed E-state index contributed by atoms with van der Waals surface area (Å²) in [6.07, 6.45) is 4.72. The molecular weight excluding hydrogens is 452 g/mol. The van der Waals surface area contributed by atoms with Crippen LogP contribution in [0.4, 0.5) is 0 Å². The van der Waals surface area contributed by atoms with E-state index in [-0.39, 0.29) is 20.3 Å². The summed E-state index contributed by atoms with van der Waals surface area (Å²) in [6, 6.07) is 6.30. The maximum absolute atomic E-state index is 8.40. The van der Waals surface area contributed by atoms with E-state index in [1.165, 1.54) is 9.24 Å². The first-order chi connectivity index (χ1) is 13.7. The molecule has 0 spiro atoms. The number of halogens is 1. The number of hydrogen-bond donors (Lipinski definition) is 6. The predicted octanol–water partition coefficient (Wildman–Crippen LogP) is 0.805. The van der Waals surface area contributed by atoms with Crippen molar-refractivity contribution < 1.29 is 43.6 Å². The van der Waals surface area contributed by atoms with Crippen LogP contribution in [0.2, 0.25) is 0 Å². The summed E-state index contributed by atoms with van der Waals surface area (Å²) >= 11 is 0. The van der Waals surface area contributed by atoms with Crippen LogP contribution in [0.3, 0.4) is 0 Å². The highest BCUT2D eigenvalue weighted by Gasteiger charge is 2.15. The van der Waals surface area contributed by atoms with Crippen molar-refractivity contribution in [1.82, 2.24) is 0 Å². The van der Waals surface area contributed by atoms with Crippen molar-refractivity contribution in [3.8, 4) is 18.2 Å². The smallest absolute Gasteiger partial charge is 0.270 e. The number of nitriles is 3. The maximum atomic E-state index is 8.40. The second-order valence-electron chi connectivity index (χ2n) is 4.40. The quantitative estimate of drug-likeness (QED) is 0.0994. The highest BCUT2D eigenvalue weighted by Crippen LogP contribution is 2.37. The molecule has 0 aliphatic rings. The zero-order valence-corrected chi connectivity index (χ0v) is 20.4. The molecule has 1 unspecified atom stereocenters. The van der Waals surface area contributed by atoms with Crippen LogP contribution in [0.5, 0.6) is 0 Å². The van der Waals surface area contributed by atoms with Crippen molar-refractivity contribution >= 4 is 17.2 Å². The Bertz CT molecular complexity index is 445. The van der Waals surface area contributed by atoms with Crippen LogP contribution < -0.4 is 12.4 Å². The molecule has 0 amide bonds. The molecule has 0 saturated heterocycles. The Hall–Kier alpha value is -1.58. The van der Waals surface area contributed by atoms with E-state index in [9.17, 15) is 0 Å². The number of nitrogens with zero attached hydrogens (tertiary/aromatic N) is 3. The molecule has 1 atom stereocenters. The molecule has 0 rings (SSSR count). The van der Waals surface area contributed by atoms with Gasteiger partial charge in [-0.25, -0.2) is 0 Å². The van der Waals surface area contributed by atoms with E-state index in [1.54, 1.807) is 6.92 Å². The first-order valence-corrected chi connectivity index (χ1v) is 10.5. The van der Waals surface area contributed by atoms with Gasteiger partial charge in [-0.3, -0.25) is 21.0 Å². The molecule has 0 aromatic rings. The Morgan fingerprint density at radius 1 is 0.767 bits per heavy atom. The van der Waals surface area contributed by atoms with E-state index < -0.39 is 5.53 Å². The molecule has 0 bridgehead atoms. The Balaban J connectivity index is -0.0000000522. The molecular formula is C18H34ClN3O6P2. The minimum atomic E-state index is -1.43. The van der Waals surface area contributed by atoms with Gasteiger partial charge in [-0.15, -0.1) is 19.4 Å². The Morgan fingerprint density at radius 2 is 0.933 bits per heavy atom. The number of aliphatic hydroxyl groups is 2. The van der Waals surface area contributed by atoms with Crippen LogP contribution in [-0.2, 0) is 0 Å². The van der Waals surface area contributed by atoms with Gasteiger partial charge < -0.3 is 22.6 Å². The maximum Gasteiger partial charge on any atom is 0.270 e. The molecule has 9 nitrogen and oxygen atoms in total. The lowest BCUT2D eigenvalue weighted by Crippen LogP contribution is -3.00. The van der Waals surface area contributed by atoms with Gasteiger partial charge in [0.15, 0.2) is 0 Å². The summed E-state index contributed by atoms with van der Waals surface area (Å²) < 4.78 is 0. The highest BCUT2D eigenvalue weighted by molar-refractivity contribution is 7.57. The average molecular weight is 486 g/mol. The normalized spacial score (nSPS) is 7.23. The van der Waals surface area contributed by atoms with Gasteiger partial charge in [0.25, 0.3) is 5.53 Å². The Kier molecular flexibility index (Phi) is 78.8. The van der Waals surface area contributed by atoms with Crippen LogP contribution in [0, 0.1) is 34.0 Å². The number of rotatable bonds is 7. The lowest BCUT2D eigenvalue weighted by atomic mass is 10.5. The van der Waals surface area contributed by atoms with E-state index in [0.717, 1.165) is 18.5 Å². The van der Waals surface area contributed by atoms with Gasteiger partial charge in [0.05, 0.1) is 18.2 Å². The third kappa shape index (κ3) is 94.8. The molecule has 0 saturated carbocycles. The van der Waals surface area contributed by atoms with Crippen molar-refractivity contribution in [1.29, 1.82) is 15.8 Å². The molecule has 6 N–H and O–H groups in total. The lowest BCUT2D eigenvalue weighted by molar-refractivity contribution is -0.176. The molecule has 12 heteroatoms. The molecule has 0 aromatic heterocycles. The van der Waals surface area contributed by atoms with E-state index >= 15 is 0 Å². The second-order valence-corrected chi connectivity index (χ2v) is 8.22. The van der Waals surface area contributed by atoms with Crippen LogP contribution in [0.1, 0.15) is 32.6 Å². The topological polar surface area (TPSA) is 193 Å². The minimum Gasteiger partial charge on any atom is -1.00 e. The fraction of sp³-hybridized carbons (Fsp3) is 0.500. The fourth-order valence-electron chi connectivity index (χ4n) is 0.960. The second kappa shape index (κ2) is 50.7. The summed E-state index contributed by atoms with van der Waals surface area (Å²) in [7, 11) is 0.925. The summed E-state index contributed by atoms with van der Waals surface area (Å²) in [5, 5.41) is 66.0. The van der Waals surface area contributed by atoms with Gasteiger partial charge in [0, 0.05) is 34.9 Å². The molecule has 0 aliphatic carbocycles. The monoisotopic (exact) mass is 485 g/mol. The van der Waals surface area contributed by atoms with Crippen LogP contribution in [0.15, 0.2) is 37.8 Å². The fourth-order valence-corrected chi connectivity index (χ4v) is 2.88.